The standard InChI is InChI=1S/C20H20ClN3O4S/c1-2-3-10-28-19(25)12-18-16-11-13(21)4-9-17(16)22-20(29)23(18)14-5-7-15(8-6-14)24(26)27/h4-9,11,18H,2-3,10,12H2,1H3,(H,22,29). The van der Waals surface area contributed by atoms with Crippen LogP contribution < -0.4 is 10.2 Å². The maximum Gasteiger partial charge on any atom is 0.308 e. The van der Waals surface area contributed by atoms with Gasteiger partial charge in [0.05, 0.1) is 24.0 Å². The summed E-state index contributed by atoms with van der Waals surface area (Å²) in [4.78, 5) is 24.7. The molecule has 1 N–H and O–H groups in total. The fourth-order valence-electron chi connectivity index (χ4n) is 3.16. The lowest BCUT2D eigenvalue weighted by molar-refractivity contribution is -0.384. The first kappa shape index (κ1) is 21.0. The number of nitrogens with one attached hydrogen (secondary N) is 1. The zero-order valence-corrected chi connectivity index (χ0v) is 17.3. The molecular formula is C20H20ClN3O4S. The smallest absolute Gasteiger partial charge is 0.308 e. The van der Waals surface area contributed by atoms with E-state index < -0.39 is 11.0 Å². The number of fused-ring (bicyclic) bond motifs is 1. The number of rotatable bonds is 7. The Balaban J connectivity index is 1.96. The third kappa shape index (κ3) is 4.83. The summed E-state index contributed by atoms with van der Waals surface area (Å²) in [6.07, 6.45) is 1.79. The second-order valence-corrected chi connectivity index (χ2v) is 7.42. The highest BCUT2D eigenvalue weighted by molar-refractivity contribution is 7.80. The van der Waals surface area contributed by atoms with Crippen LogP contribution >= 0.6 is 23.8 Å². The summed E-state index contributed by atoms with van der Waals surface area (Å²) in [5.41, 5.74) is 2.18. The van der Waals surface area contributed by atoms with Crippen LogP contribution in [0.1, 0.15) is 37.8 Å². The summed E-state index contributed by atoms with van der Waals surface area (Å²) in [6, 6.07) is 10.9. The van der Waals surface area contributed by atoms with Crippen LogP contribution in [-0.2, 0) is 9.53 Å². The van der Waals surface area contributed by atoms with Crippen molar-refractivity contribution < 1.29 is 14.5 Å². The number of nitro groups is 1. The number of benzene rings is 2. The third-order valence-corrected chi connectivity index (χ3v) is 5.14. The minimum Gasteiger partial charge on any atom is -0.466 e. The number of unbranched alkanes of at least 4 members (excludes halogenated alkanes) is 1. The second-order valence-electron chi connectivity index (χ2n) is 6.60. The van der Waals surface area contributed by atoms with Crippen molar-refractivity contribution in [2.24, 2.45) is 0 Å². The fraction of sp³-hybridized carbons (Fsp3) is 0.300. The van der Waals surface area contributed by atoms with E-state index in [1.165, 1.54) is 12.1 Å². The van der Waals surface area contributed by atoms with Crippen molar-refractivity contribution in [3.8, 4) is 0 Å². The van der Waals surface area contributed by atoms with Gasteiger partial charge in [0, 0.05) is 34.1 Å². The zero-order chi connectivity index (χ0) is 21.0. The predicted octanol–water partition coefficient (Wildman–Crippen LogP) is 5.24. The highest BCUT2D eigenvalue weighted by atomic mass is 35.5. The van der Waals surface area contributed by atoms with Gasteiger partial charge in [0.1, 0.15) is 0 Å². The third-order valence-electron chi connectivity index (χ3n) is 4.60. The van der Waals surface area contributed by atoms with Crippen LogP contribution in [0.25, 0.3) is 0 Å². The number of hydrogen-bond donors (Lipinski definition) is 1. The number of nitro benzene ring substituents is 1. The molecule has 2 aromatic rings. The number of hydrogen-bond acceptors (Lipinski definition) is 5. The number of esters is 1. The molecule has 9 heteroatoms. The van der Waals surface area contributed by atoms with Crippen molar-refractivity contribution in [2.45, 2.75) is 32.2 Å². The Kier molecular flexibility index (Phi) is 6.66. The van der Waals surface area contributed by atoms with Crippen LogP contribution in [0.4, 0.5) is 17.1 Å². The molecule has 0 radical (unpaired) electrons. The minimum absolute atomic E-state index is 0.0244. The summed E-state index contributed by atoms with van der Waals surface area (Å²) < 4.78 is 5.35. The second kappa shape index (κ2) is 9.19. The molecule has 0 bridgehead atoms. The summed E-state index contributed by atoms with van der Waals surface area (Å²) in [5, 5.41) is 15.0. The van der Waals surface area contributed by atoms with Gasteiger partial charge < -0.3 is 15.0 Å². The molecule has 7 nitrogen and oxygen atoms in total. The van der Waals surface area contributed by atoms with Crippen molar-refractivity contribution in [3.63, 3.8) is 0 Å². The van der Waals surface area contributed by atoms with Gasteiger partial charge in [-0.1, -0.05) is 24.9 Å². The maximum atomic E-state index is 12.5. The normalized spacial score (nSPS) is 15.4. The number of non-ortho nitro benzene ring substituents is 1. The van der Waals surface area contributed by atoms with Gasteiger partial charge in [0.25, 0.3) is 5.69 Å². The van der Waals surface area contributed by atoms with E-state index in [2.05, 4.69) is 5.32 Å². The maximum absolute atomic E-state index is 12.5. The van der Waals surface area contributed by atoms with Crippen LogP contribution in [0, 0.1) is 10.1 Å². The molecule has 29 heavy (non-hydrogen) atoms. The van der Waals surface area contributed by atoms with Crippen LogP contribution in [0.15, 0.2) is 42.5 Å². The molecule has 1 aliphatic rings. The van der Waals surface area contributed by atoms with E-state index in [1.54, 1.807) is 29.2 Å². The molecule has 1 unspecified atom stereocenters. The lowest BCUT2D eigenvalue weighted by Crippen LogP contribution is -2.43. The Morgan fingerprint density at radius 2 is 2.03 bits per heavy atom. The summed E-state index contributed by atoms with van der Waals surface area (Å²) in [6.45, 7) is 2.39. The first-order valence-corrected chi connectivity index (χ1v) is 9.99. The van der Waals surface area contributed by atoms with Gasteiger partial charge in [0.2, 0.25) is 0 Å². The molecule has 0 fully saturated rings. The monoisotopic (exact) mass is 433 g/mol. The minimum atomic E-state index is -0.464. The molecule has 1 atom stereocenters. The number of anilines is 2. The highest BCUT2D eigenvalue weighted by Crippen LogP contribution is 2.40. The molecule has 1 aliphatic heterocycles. The molecule has 0 saturated heterocycles. The Bertz CT molecular complexity index is 936. The van der Waals surface area contributed by atoms with E-state index in [0.29, 0.717) is 22.4 Å². The van der Waals surface area contributed by atoms with Gasteiger partial charge in [-0.15, -0.1) is 0 Å². The van der Waals surface area contributed by atoms with E-state index in [0.717, 1.165) is 24.1 Å². The van der Waals surface area contributed by atoms with Gasteiger partial charge in [0.15, 0.2) is 5.11 Å². The zero-order valence-electron chi connectivity index (χ0n) is 15.8. The quantitative estimate of drug-likeness (QED) is 0.210. The van der Waals surface area contributed by atoms with Gasteiger partial charge >= 0.3 is 5.97 Å². The van der Waals surface area contributed by atoms with Gasteiger partial charge in [-0.25, -0.2) is 0 Å². The summed E-state index contributed by atoms with van der Waals surface area (Å²) in [7, 11) is 0. The molecular weight excluding hydrogens is 414 g/mol. The average Bonchev–Trinajstić information content (AvgIpc) is 2.69. The van der Waals surface area contributed by atoms with Crippen molar-refractivity contribution in [1.82, 2.24) is 0 Å². The van der Waals surface area contributed by atoms with E-state index in [1.807, 2.05) is 13.0 Å². The van der Waals surface area contributed by atoms with E-state index in [-0.39, 0.29) is 18.1 Å². The predicted molar refractivity (Wildman–Crippen MR) is 116 cm³/mol. The Morgan fingerprint density at radius 1 is 1.31 bits per heavy atom. The summed E-state index contributed by atoms with van der Waals surface area (Å²) >= 11 is 11.7. The highest BCUT2D eigenvalue weighted by Gasteiger charge is 2.33. The van der Waals surface area contributed by atoms with Crippen LogP contribution in [0.3, 0.4) is 0 Å². The topological polar surface area (TPSA) is 84.7 Å². The first-order chi connectivity index (χ1) is 13.9. The van der Waals surface area contributed by atoms with E-state index in [4.69, 9.17) is 28.6 Å². The number of nitrogens with zero attached hydrogens (tertiary/aromatic N) is 2. The molecule has 152 valence electrons. The molecule has 2 aromatic carbocycles. The SMILES string of the molecule is CCCCOC(=O)CC1c2cc(Cl)ccc2NC(=S)N1c1ccc([N+](=O)[O-])cc1. The van der Waals surface area contributed by atoms with Crippen molar-refractivity contribution in [3.05, 3.63) is 63.2 Å². The molecule has 0 amide bonds. The number of carbonyl (C=O) groups is 1. The number of carbonyl (C=O) groups excluding carboxylic acids is 1. The Morgan fingerprint density at radius 3 is 2.69 bits per heavy atom. The average molecular weight is 434 g/mol. The Hall–Kier alpha value is -2.71. The molecule has 0 aromatic heterocycles. The fourth-order valence-corrected chi connectivity index (χ4v) is 3.68. The van der Waals surface area contributed by atoms with Gasteiger partial charge in [-0.05, 0) is 49.0 Å². The molecule has 0 saturated carbocycles. The summed E-state index contributed by atoms with van der Waals surface area (Å²) in [5.74, 6) is -0.342. The van der Waals surface area contributed by atoms with E-state index in [9.17, 15) is 14.9 Å². The molecule has 3 rings (SSSR count). The first-order valence-electron chi connectivity index (χ1n) is 9.20. The molecule has 0 aliphatic carbocycles. The number of ether oxygens (including phenoxy) is 1. The van der Waals surface area contributed by atoms with Crippen LogP contribution in [0.2, 0.25) is 5.02 Å². The lowest BCUT2D eigenvalue weighted by Gasteiger charge is -2.39. The van der Waals surface area contributed by atoms with Crippen molar-refractivity contribution in [1.29, 1.82) is 0 Å². The molecule has 0 spiro atoms. The van der Waals surface area contributed by atoms with Crippen LogP contribution in [-0.4, -0.2) is 22.6 Å². The number of thiocarbonyl (C=S) groups is 1. The Labute approximate surface area is 178 Å². The van der Waals surface area contributed by atoms with Crippen molar-refractivity contribution in [2.75, 3.05) is 16.8 Å². The van der Waals surface area contributed by atoms with Gasteiger partial charge in [-0.2, -0.15) is 0 Å². The van der Waals surface area contributed by atoms with E-state index >= 15 is 0 Å². The van der Waals surface area contributed by atoms with Crippen molar-refractivity contribution >= 4 is 52.0 Å². The number of halogens is 1. The van der Waals surface area contributed by atoms with Crippen LogP contribution in [0.5, 0.6) is 0 Å². The lowest BCUT2D eigenvalue weighted by atomic mass is 9.97. The van der Waals surface area contributed by atoms with Gasteiger partial charge in [-0.3, -0.25) is 14.9 Å². The largest absolute Gasteiger partial charge is 0.466 e. The molecule has 1 heterocycles.